The van der Waals surface area contributed by atoms with Crippen LogP contribution < -0.4 is 26.6 Å². The summed E-state index contributed by atoms with van der Waals surface area (Å²) >= 11 is 0. The lowest BCUT2D eigenvalue weighted by Gasteiger charge is -2.39. The molecule has 0 bridgehead atoms. The zero-order chi connectivity index (χ0) is 52.2. The first kappa shape index (κ1) is 55.6. The van der Waals surface area contributed by atoms with Crippen molar-refractivity contribution < 1.29 is 56.1 Å². The number of carbonyl (C=O) groups excluding carboxylic acids is 5. The Morgan fingerprint density at radius 1 is 0.932 bits per heavy atom. The predicted octanol–water partition coefficient (Wildman–Crippen LogP) is 4.92. The summed E-state index contributed by atoms with van der Waals surface area (Å²) in [7, 11) is 3.40. The first-order valence-corrected chi connectivity index (χ1v) is 27.3. The van der Waals surface area contributed by atoms with Gasteiger partial charge in [0.1, 0.15) is 0 Å². The van der Waals surface area contributed by atoms with Crippen LogP contribution in [0.25, 0.3) is 0 Å². The summed E-state index contributed by atoms with van der Waals surface area (Å²) in [6.07, 6.45) is 12.1. The highest BCUT2D eigenvalue weighted by atomic mass is 19.4. The smallest absolute Gasteiger partial charge is 0.384 e. The average Bonchev–Trinajstić information content (AvgIpc) is 3.96. The van der Waals surface area contributed by atoms with Crippen LogP contribution in [0.4, 0.5) is 13.2 Å². The summed E-state index contributed by atoms with van der Waals surface area (Å²) in [5, 5.41) is 16.0. The van der Waals surface area contributed by atoms with Gasteiger partial charge < -0.3 is 55.3 Å². The van der Waals surface area contributed by atoms with E-state index in [4.69, 9.17) is 18.9 Å². The highest BCUT2D eigenvalue weighted by molar-refractivity contribution is 5.90. The third kappa shape index (κ3) is 14.4. The van der Waals surface area contributed by atoms with Gasteiger partial charge >= 0.3 is 6.18 Å². The number of rotatable bonds is 21. The minimum atomic E-state index is -4.44. The number of hydrogen-bond donors (Lipinski definition) is 5. The Morgan fingerprint density at radius 2 is 1.69 bits per heavy atom. The number of alkyl halides is 3. The van der Waals surface area contributed by atoms with Crippen LogP contribution in [0.15, 0.2) is 47.4 Å². The Morgan fingerprint density at radius 3 is 2.42 bits per heavy atom. The van der Waals surface area contributed by atoms with Gasteiger partial charge in [-0.2, -0.15) is 13.2 Å². The normalized spacial score (nSPS) is 30.6. The van der Waals surface area contributed by atoms with Crippen molar-refractivity contribution in [1.82, 2.24) is 41.4 Å². The number of amides is 5. The number of nitrogens with one attached hydrogen (secondary N) is 5. The molecule has 1 aromatic rings. The first-order valence-electron chi connectivity index (χ1n) is 27.3. The molecule has 4 aliphatic heterocycles. The number of pyridine rings is 1. The summed E-state index contributed by atoms with van der Waals surface area (Å²) in [4.78, 5) is 74.0. The molecule has 5 fully saturated rings. The van der Waals surface area contributed by atoms with Crippen LogP contribution in [0.2, 0.25) is 0 Å². The summed E-state index contributed by atoms with van der Waals surface area (Å²) in [5.41, 5.74) is 0.790. The van der Waals surface area contributed by atoms with Gasteiger partial charge in [0.2, 0.25) is 29.5 Å². The van der Waals surface area contributed by atoms with E-state index in [1.165, 1.54) is 6.08 Å². The third-order valence-corrected chi connectivity index (χ3v) is 16.8. The highest BCUT2D eigenvalue weighted by Gasteiger charge is 2.49. The molecule has 20 heteroatoms. The van der Waals surface area contributed by atoms with Gasteiger partial charge in [0, 0.05) is 121 Å². The van der Waals surface area contributed by atoms with Crippen LogP contribution in [0.3, 0.4) is 0 Å². The van der Waals surface area contributed by atoms with Crippen molar-refractivity contribution in [2.75, 3.05) is 73.3 Å². The van der Waals surface area contributed by atoms with Crippen LogP contribution in [0.1, 0.15) is 127 Å². The van der Waals surface area contributed by atoms with Gasteiger partial charge in [-0.3, -0.25) is 29.0 Å². The van der Waals surface area contributed by atoms with Gasteiger partial charge in [-0.15, -0.1) is 0 Å². The summed E-state index contributed by atoms with van der Waals surface area (Å²) in [6, 6.07) is 3.54. The Kier molecular flexibility index (Phi) is 19.5. The van der Waals surface area contributed by atoms with Gasteiger partial charge in [0.05, 0.1) is 54.5 Å². The van der Waals surface area contributed by atoms with Crippen LogP contribution in [-0.2, 0) is 42.9 Å². The number of nitrogens with zero attached hydrogens (tertiary/aromatic N) is 3. The fourth-order valence-electron chi connectivity index (χ4n) is 12.6. The average molecular weight is 1040 g/mol. The zero-order valence-corrected chi connectivity index (χ0v) is 43.3. The molecule has 7 aliphatic rings. The van der Waals surface area contributed by atoms with Gasteiger partial charge in [0.25, 0.3) is 0 Å². The Labute approximate surface area is 433 Å². The number of hydrogen-bond acceptors (Lipinski definition) is 12. The number of carbonyl (C=O) groups is 5. The van der Waals surface area contributed by atoms with E-state index in [9.17, 15) is 37.1 Å². The molecule has 17 nitrogen and oxygen atoms in total. The molecule has 0 spiro atoms. The van der Waals surface area contributed by atoms with Gasteiger partial charge in [-0.1, -0.05) is 6.07 Å². The van der Waals surface area contributed by atoms with E-state index in [2.05, 4.69) is 31.6 Å². The molecule has 1 aromatic heterocycles. The number of aromatic nitrogens is 1. The minimum Gasteiger partial charge on any atom is -0.384 e. The van der Waals surface area contributed by atoms with Gasteiger partial charge in [-0.25, -0.2) is 0 Å². The molecule has 0 aromatic carbocycles. The fourth-order valence-corrected chi connectivity index (χ4v) is 12.6. The lowest BCUT2D eigenvalue weighted by atomic mass is 9.79. The van der Waals surface area contributed by atoms with Gasteiger partial charge in [0.15, 0.2) is 0 Å². The molecule has 3 aliphatic carbocycles. The molecule has 5 amide bonds. The number of likely N-dealkylation sites (tertiary alicyclic amines) is 1. The molecule has 0 radical (unpaired) electrons. The highest BCUT2D eigenvalue weighted by Crippen LogP contribution is 2.45. The lowest BCUT2D eigenvalue weighted by Crippen LogP contribution is -2.51. The van der Waals surface area contributed by atoms with Crippen molar-refractivity contribution in [1.29, 1.82) is 0 Å². The second kappa shape index (κ2) is 25.9. The van der Waals surface area contributed by atoms with Crippen molar-refractivity contribution in [3.05, 3.63) is 53.0 Å². The SMILES string of the molecule is CO[C@@H]1COCC[C@@H]1N[C@@H]1CC[C@](CCCNC(=O)C2CCC(NC(=O)CCCOC3CCC(OCCNC(=O)[C@H]4CC(=O)N(C)[C@@H]4c4cccnc4)CC3)CC2)(C(=O)N2CCC3=C(C=C(C(F)(F)F)CN3)C2)C1. The molecule has 5 N–H and O–H groups in total. The maximum atomic E-state index is 14.6. The quantitative estimate of drug-likeness (QED) is 0.104. The Bertz CT molecular complexity index is 2150. The molecule has 3 saturated carbocycles. The Hall–Kier alpha value is -4.63. The molecule has 0 unspecified atom stereocenters. The maximum absolute atomic E-state index is 14.6. The third-order valence-electron chi connectivity index (χ3n) is 16.8. The number of methoxy groups -OCH3 is 1. The first-order chi connectivity index (χ1) is 35.7. The van der Waals surface area contributed by atoms with Crippen molar-refractivity contribution in [2.24, 2.45) is 17.3 Å². The summed E-state index contributed by atoms with van der Waals surface area (Å²) in [6.45, 7) is 3.11. The van der Waals surface area contributed by atoms with E-state index >= 15 is 0 Å². The van der Waals surface area contributed by atoms with Crippen LogP contribution in [0, 0.1) is 17.3 Å². The second-order valence-electron chi connectivity index (χ2n) is 21.7. The second-order valence-corrected chi connectivity index (χ2v) is 21.7. The molecule has 5 heterocycles. The van der Waals surface area contributed by atoms with Crippen LogP contribution in [-0.4, -0.2) is 160 Å². The van der Waals surface area contributed by atoms with E-state index in [1.54, 1.807) is 36.4 Å². The summed E-state index contributed by atoms with van der Waals surface area (Å²) < 4.78 is 64.5. The van der Waals surface area contributed by atoms with Gasteiger partial charge in [-0.05, 0) is 120 Å². The number of halogens is 3. The Balaban J connectivity index is 0.692. The number of ether oxygens (including phenoxy) is 4. The molecule has 410 valence electrons. The fraction of sp³-hybridized carbons (Fsp3) is 0.741. The van der Waals surface area contributed by atoms with E-state index < -0.39 is 23.1 Å². The van der Waals surface area contributed by atoms with E-state index in [1.807, 2.05) is 12.1 Å². The van der Waals surface area contributed by atoms with Crippen molar-refractivity contribution in [3.63, 3.8) is 0 Å². The molecular weight excluding hydrogens is 962 g/mol. The topological polar surface area (TPSA) is 202 Å². The molecular formula is C54H79F3N8O9. The maximum Gasteiger partial charge on any atom is 0.414 e. The van der Waals surface area contributed by atoms with E-state index in [0.29, 0.717) is 109 Å². The van der Waals surface area contributed by atoms with Crippen LogP contribution >= 0.6 is 0 Å². The zero-order valence-electron chi connectivity index (χ0n) is 43.3. The summed E-state index contributed by atoms with van der Waals surface area (Å²) in [5.74, 6) is -0.902. The molecule has 74 heavy (non-hydrogen) atoms. The van der Waals surface area contributed by atoms with Crippen LogP contribution in [0.5, 0.6) is 0 Å². The standard InChI is InChI=1S/C54H79F3N8O9/c1-64-48(67)29-43(49(64)36-6-3-21-58-31-36)51(69)60-23-27-74-42-14-12-41(13-15-42)73-25-4-7-47(66)63-39-10-8-35(9-11-39)50(68)59-22-5-19-53(20-16-40(30-53)62-45-18-26-72-34-46(45)71-2)52(70)65-24-17-44-37(33-65)28-38(32-61-44)54(55,56)57/h3,6,21,28,31,35,39-43,45-46,49,61-62H,4-5,7-20,22-27,29-30,32-34H2,1-2H3,(H,59,68)(H,60,69)(H,63,66)/t35?,39?,40-,41?,42?,43+,45+,46-,49-,53+/m1/s1. The largest absolute Gasteiger partial charge is 0.414 e. The van der Waals surface area contributed by atoms with Crippen molar-refractivity contribution in [3.8, 4) is 0 Å². The monoisotopic (exact) mass is 1040 g/mol. The predicted molar refractivity (Wildman–Crippen MR) is 268 cm³/mol. The molecule has 6 atom stereocenters. The van der Waals surface area contributed by atoms with Crippen molar-refractivity contribution in [2.45, 2.75) is 164 Å². The number of dihydropyridines is 1. The lowest BCUT2D eigenvalue weighted by molar-refractivity contribution is -0.142. The van der Waals surface area contributed by atoms with E-state index in [-0.39, 0.29) is 97.4 Å². The molecule has 2 saturated heterocycles. The van der Waals surface area contributed by atoms with E-state index in [0.717, 1.165) is 62.6 Å². The molecule has 8 rings (SSSR count). The van der Waals surface area contributed by atoms with Crippen molar-refractivity contribution >= 4 is 29.5 Å². The minimum absolute atomic E-state index is 0.0106.